The standard InChI is InChI=1S/C13H15ClN2S/c1-15-12(13-11(14)7-9-17-13)6-5-10-4-2-3-8-16-10/h2-4,7-9,12,15H,5-6H2,1H3. The van der Waals surface area contributed by atoms with Gasteiger partial charge in [-0.1, -0.05) is 17.7 Å². The quantitative estimate of drug-likeness (QED) is 0.893. The van der Waals surface area contributed by atoms with E-state index in [1.807, 2.05) is 36.8 Å². The summed E-state index contributed by atoms with van der Waals surface area (Å²) < 4.78 is 0. The molecule has 1 atom stereocenters. The molecule has 0 saturated heterocycles. The van der Waals surface area contributed by atoms with Gasteiger partial charge >= 0.3 is 0 Å². The third-order valence-electron chi connectivity index (χ3n) is 2.73. The maximum Gasteiger partial charge on any atom is 0.0561 e. The fourth-order valence-electron chi connectivity index (χ4n) is 1.80. The summed E-state index contributed by atoms with van der Waals surface area (Å²) >= 11 is 7.85. The molecule has 4 heteroatoms. The Bertz CT molecular complexity index is 455. The van der Waals surface area contributed by atoms with Crippen molar-refractivity contribution < 1.29 is 0 Å². The molecule has 0 saturated carbocycles. The highest BCUT2D eigenvalue weighted by molar-refractivity contribution is 7.10. The molecule has 2 aromatic rings. The highest BCUT2D eigenvalue weighted by Gasteiger charge is 2.14. The lowest BCUT2D eigenvalue weighted by Gasteiger charge is -2.14. The molecule has 0 amide bonds. The van der Waals surface area contributed by atoms with Gasteiger partial charge in [-0.15, -0.1) is 11.3 Å². The fraction of sp³-hybridized carbons (Fsp3) is 0.308. The molecular formula is C13H15ClN2S. The Labute approximate surface area is 111 Å². The van der Waals surface area contributed by atoms with Crippen molar-refractivity contribution in [3.05, 3.63) is 51.4 Å². The lowest BCUT2D eigenvalue weighted by Crippen LogP contribution is -2.16. The normalized spacial score (nSPS) is 12.6. The van der Waals surface area contributed by atoms with Crippen LogP contribution in [0.15, 0.2) is 35.8 Å². The maximum absolute atomic E-state index is 6.15. The van der Waals surface area contributed by atoms with Gasteiger partial charge in [0, 0.05) is 22.8 Å². The van der Waals surface area contributed by atoms with Gasteiger partial charge in [0.15, 0.2) is 0 Å². The largest absolute Gasteiger partial charge is 0.312 e. The highest BCUT2D eigenvalue weighted by Crippen LogP contribution is 2.30. The van der Waals surface area contributed by atoms with Crippen LogP contribution < -0.4 is 5.32 Å². The fourth-order valence-corrected chi connectivity index (χ4v) is 3.13. The number of halogens is 1. The second-order valence-electron chi connectivity index (χ2n) is 3.83. The number of aryl methyl sites for hydroxylation is 1. The zero-order valence-corrected chi connectivity index (χ0v) is 11.3. The molecule has 1 N–H and O–H groups in total. The van der Waals surface area contributed by atoms with E-state index in [-0.39, 0.29) is 0 Å². The Morgan fingerprint density at radius 3 is 2.88 bits per heavy atom. The summed E-state index contributed by atoms with van der Waals surface area (Å²) in [6.07, 6.45) is 3.80. The smallest absolute Gasteiger partial charge is 0.0561 e. The zero-order chi connectivity index (χ0) is 12.1. The molecule has 2 heterocycles. The highest BCUT2D eigenvalue weighted by atomic mass is 35.5. The van der Waals surface area contributed by atoms with E-state index in [1.54, 1.807) is 11.3 Å². The van der Waals surface area contributed by atoms with Gasteiger partial charge in [0.25, 0.3) is 0 Å². The van der Waals surface area contributed by atoms with Crippen LogP contribution in [0.5, 0.6) is 0 Å². The van der Waals surface area contributed by atoms with Crippen molar-refractivity contribution in [2.24, 2.45) is 0 Å². The van der Waals surface area contributed by atoms with Crippen molar-refractivity contribution in [2.75, 3.05) is 7.05 Å². The van der Waals surface area contributed by atoms with Crippen LogP contribution in [0.25, 0.3) is 0 Å². The molecule has 17 heavy (non-hydrogen) atoms. The predicted molar refractivity (Wildman–Crippen MR) is 73.7 cm³/mol. The maximum atomic E-state index is 6.15. The average molecular weight is 267 g/mol. The van der Waals surface area contributed by atoms with Gasteiger partial charge < -0.3 is 5.32 Å². The Morgan fingerprint density at radius 2 is 2.29 bits per heavy atom. The molecule has 2 nitrogen and oxygen atoms in total. The van der Waals surface area contributed by atoms with Gasteiger partial charge in [-0.05, 0) is 43.5 Å². The van der Waals surface area contributed by atoms with E-state index >= 15 is 0 Å². The first kappa shape index (κ1) is 12.6. The van der Waals surface area contributed by atoms with Gasteiger partial charge in [-0.25, -0.2) is 0 Å². The van der Waals surface area contributed by atoms with E-state index in [0.717, 1.165) is 23.6 Å². The molecule has 2 aromatic heterocycles. The van der Waals surface area contributed by atoms with Crippen LogP contribution in [-0.4, -0.2) is 12.0 Å². The number of hydrogen-bond donors (Lipinski definition) is 1. The second-order valence-corrected chi connectivity index (χ2v) is 5.19. The Morgan fingerprint density at radius 1 is 1.41 bits per heavy atom. The molecule has 1 unspecified atom stereocenters. The number of thiophene rings is 1. The van der Waals surface area contributed by atoms with Crippen LogP contribution in [0.3, 0.4) is 0 Å². The third kappa shape index (κ3) is 3.28. The summed E-state index contributed by atoms with van der Waals surface area (Å²) in [4.78, 5) is 5.54. The predicted octanol–water partition coefficient (Wildman–Crippen LogP) is 3.69. The molecule has 0 fully saturated rings. The molecule has 0 radical (unpaired) electrons. The molecule has 0 aliphatic rings. The van der Waals surface area contributed by atoms with E-state index in [2.05, 4.69) is 16.4 Å². The summed E-state index contributed by atoms with van der Waals surface area (Å²) in [5, 5.41) is 6.20. The number of nitrogens with zero attached hydrogens (tertiary/aromatic N) is 1. The molecule has 0 aliphatic carbocycles. The summed E-state index contributed by atoms with van der Waals surface area (Å²) in [6.45, 7) is 0. The first-order valence-corrected chi connectivity index (χ1v) is 6.87. The van der Waals surface area contributed by atoms with Gasteiger partial charge in [0.1, 0.15) is 0 Å². The molecule has 0 aromatic carbocycles. The summed E-state index contributed by atoms with van der Waals surface area (Å²) in [5.41, 5.74) is 1.13. The van der Waals surface area contributed by atoms with Gasteiger partial charge in [-0.2, -0.15) is 0 Å². The van der Waals surface area contributed by atoms with Gasteiger partial charge in [0.05, 0.1) is 5.02 Å². The lowest BCUT2D eigenvalue weighted by molar-refractivity contribution is 0.554. The Balaban J connectivity index is 2.00. The van der Waals surface area contributed by atoms with Crippen molar-refractivity contribution in [3.63, 3.8) is 0 Å². The van der Waals surface area contributed by atoms with E-state index in [1.165, 1.54) is 4.88 Å². The second kappa shape index (κ2) is 6.15. The van der Waals surface area contributed by atoms with Crippen LogP contribution in [0.1, 0.15) is 23.0 Å². The van der Waals surface area contributed by atoms with Crippen molar-refractivity contribution >= 4 is 22.9 Å². The number of pyridine rings is 1. The summed E-state index contributed by atoms with van der Waals surface area (Å²) in [5.74, 6) is 0. The van der Waals surface area contributed by atoms with Crippen molar-refractivity contribution in [2.45, 2.75) is 18.9 Å². The molecule has 0 aliphatic heterocycles. The monoisotopic (exact) mass is 266 g/mol. The van der Waals surface area contributed by atoms with Crippen molar-refractivity contribution in [3.8, 4) is 0 Å². The number of hydrogen-bond acceptors (Lipinski definition) is 3. The topological polar surface area (TPSA) is 24.9 Å². The van der Waals surface area contributed by atoms with Crippen LogP contribution >= 0.6 is 22.9 Å². The van der Waals surface area contributed by atoms with E-state index < -0.39 is 0 Å². The first-order valence-electron chi connectivity index (χ1n) is 5.61. The average Bonchev–Trinajstić information content (AvgIpc) is 2.78. The molecule has 2 rings (SSSR count). The number of aromatic nitrogens is 1. The van der Waals surface area contributed by atoms with Crippen LogP contribution in [-0.2, 0) is 6.42 Å². The zero-order valence-electron chi connectivity index (χ0n) is 9.69. The van der Waals surface area contributed by atoms with Gasteiger partial charge in [-0.3, -0.25) is 4.98 Å². The molecular weight excluding hydrogens is 252 g/mol. The lowest BCUT2D eigenvalue weighted by atomic mass is 10.1. The minimum atomic E-state index is 0.310. The molecule has 90 valence electrons. The Kier molecular flexibility index (Phi) is 4.54. The minimum Gasteiger partial charge on any atom is -0.312 e. The van der Waals surface area contributed by atoms with E-state index in [9.17, 15) is 0 Å². The Hall–Kier alpha value is -0.900. The van der Waals surface area contributed by atoms with Crippen molar-refractivity contribution in [1.29, 1.82) is 0 Å². The van der Waals surface area contributed by atoms with Crippen molar-refractivity contribution in [1.82, 2.24) is 10.3 Å². The SMILES string of the molecule is CNC(CCc1ccccn1)c1sccc1Cl. The number of nitrogens with one attached hydrogen (secondary N) is 1. The summed E-state index contributed by atoms with van der Waals surface area (Å²) in [6, 6.07) is 8.28. The van der Waals surface area contributed by atoms with Crippen LogP contribution in [0, 0.1) is 0 Å². The molecule has 0 bridgehead atoms. The third-order valence-corrected chi connectivity index (χ3v) is 4.20. The van der Waals surface area contributed by atoms with Crippen LogP contribution in [0.2, 0.25) is 5.02 Å². The number of rotatable bonds is 5. The summed E-state index contributed by atoms with van der Waals surface area (Å²) in [7, 11) is 1.97. The van der Waals surface area contributed by atoms with E-state index in [0.29, 0.717) is 6.04 Å². The minimum absolute atomic E-state index is 0.310. The van der Waals surface area contributed by atoms with Crippen LogP contribution in [0.4, 0.5) is 0 Å². The first-order chi connectivity index (χ1) is 8.31. The van der Waals surface area contributed by atoms with E-state index in [4.69, 9.17) is 11.6 Å². The molecule has 0 spiro atoms. The van der Waals surface area contributed by atoms with Gasteiger partial charge in [0.2, 0.25) is 0 Å².